The fraction of sp³-hybridized carbons (Fsp3) is 0.375. The van der Waals surface area contributed by atoms with Crippen LogP contribution in [0, 0.1) is 0 Å². The number of carbonyl (C=O) groups excluding carboxylic acids is 1. The van der Waals surface area contributed by atoms with Crippen LogP contribution in [0.25, 0.3) is 0 Å². The number of nitrogens with zero attached hydrogens (tertiary/aromatic N) is 2. The Morgan fingerprint density at radius 2 is 2.23 bits per heavy atom. The third-order valence-corrected chi connectivity index (χ3v) is 4.84. The van der Waals surface area contributed by atoms with E-state index in [-0.39, 0.29) is 0 Å². The lowest BCUT2D eigenvalue weighted by molar-refractivity contribution is 0.0596. The average Bonchev–Trinajstić information content (AvgIpc) is 3.23. The highest BCUT2D eigenvalue weighted by Gasteiger charge is 2.28. The Morgan fingerprint density at radius 1 is 1.36 bits per heavy atom. The number of hydrogen-bond donors (Lipinski definition) is 0. The lowest BCUT2D eigenvalue weighted by atomic mass is 10.2. The zero-order valence-electron chi connectivity index (χ0n) is 12.6. The molecule has 22 heavy (non-hydrogen) atoms. The van der Waals surface area contributed by atoms with Crippen molar-refractivity contribution >= 4 is 23.1 Å². The number of pyridine rings is 1. The van der Waals surface area contributed by atoms with E-state index in [4.69, 9.17) is 9.47 Å². The van der Waals surface area contributed by atoms with E-state index in [1.165, 1.54) is 19.1 Å². The van der Waals surface area contributed by atoms with Crippen LogP contribution in [0.4, 0.5) is 5.82 Å². The molecule has 0 bridgehead atoms. The number of ether oxygens (including phenoxy) is 2. The van der Waals surface area contributed by atoms with E-state index in [0.717, 1.165) is 25.2 Å². The van der Waals surface area contributed by atoms with Gasteiger partial charge in [0.2, 0.25) is 5.88 Å². The van der Waals surface area contributed by atoms with Crippen LogP contribution in [0.15, 0.2) is 29.6 Å². The zero-order chi connectivity index (χ0) is 15.5. The highest BCUT2D eigenvalue weighted by atomic mass is 32.1. The molecule has 1 aliphatic rings. The second kappa shape index (κ2) is 6.36. The summed E-state index contributed by atoms with van der Waals surface area (Å²) in [5.74, 6) is 0.703. The van der Waals surface area contributed by atoms with Crippen molar-refractivity contribution in [2.75, 3.05) is 25.7 Å². The molecule has 1 unspecified atom stereocenters. The van der Waals surface area contributed by atoms with Crippen molar-refractivity contribution in [2.45, 2.75) is 18.9 Å². The average molecular weight is 318 g/mol. The maximum absolute atomic E-state index is 11.7. The maximum Gasteiger partial charge on any atom is 0.343 e. The number of rotatable bonds is 4. The number of thiophene rings is 1. The van der Waals surface area contributed by atoms with Crippen molar-refractivity contribution in [3.8, 4) is 5.88 Å². The Labute approximate surface area is 133 Å². The summed E-state index contributed by atoms with van der Waals surface area (Å²) in [6.07, 6.45) is 2.24. The summed E-state index contributed by atoms with van der Waals surface area (Å²) < 4.78 is 10.0. The molecule has 3 rings (SSSR count). The molecule has 2 aromatic rings. The summed E-state index contributed by atoms with van der Waals surface area (Å²) in [6.45, 7) is 0.955. The van der Waals surface area contributed by atoms with Crippen LogP contribution >= 0.6 is 11.3 Å². The van der Waals surface area contributed by atoms with E-state index >= 15 is 0 Å². The van der Waals surface area contributed by atoms with Gasteiger partial charge in [0.1, 0.15) is 11.4 Å². The normalized spacial score (nSPS) is 17.5. The van der Waals surface area contributed by atoms with Gasteiger partial charge < -0.3 is 14.4 Å². The number of aromatic nitrogens is 1. The van der Waals surface area contributed by atoms with Crippen molar-refractivity contribution < 1.29 is 14.3 Å². The Kier molecular flexibility index (Phi) is 4.29. The van der Waals surface area contributed by atoms with Gasteiger partial charge in [0.15, 0.2) is 0 Å². The monoisotopic (exact) mass is 318 g/mol. The summed E-state index contributed by atoms with van der Waals surface area (Å²) in [5, 5.41) is 2.10. The van der Waals surface area contributed by atoms with Crippen LogP contribution in [0.5, 0.6) is 5.88 Å². The minimum atomic E-state index is -0.438. The topological polar surface area (TPSA) is 51.7 Å². The summed E-state index contributed by atoms with van der Waals surface area (Å²) in [7, 11) is 2.86. The standard InChI is InChI=1S/C16H18N2O3S/c1-20-15-11(16(19)21-2)7-8-14(17-15)18-9-3-5-12(18)13-6-4-10-22-13/h4,6-8,10,12H,3,5,9H2,1-2H3. The molecule has 0 saturated carbocycles. The van der Waals surface area contributed by atoms with Crippen molar-refractivity contribution in [3.63, 3.8) is 0 Å². The molecule has 0 amide bonds. The van der Waals surface area contributed by atoms with E-state index in [9.17, 15) is 4.79 Å². The summed E-state index contributed by atoms with van der Waals surface area (Å²) in [6, 6.07) is 8.16. The van der Waals surface area contributed by atoms with Crippen molar-refractivity contribution in [1.29, 1.82) is 0 Å². The third kappa shape index (κ3) is 2.66. The first-order chi connectivity index (χ1) is 10.7. The fourth-order valence-electron chi connectivity index (χ4n) is 2.83. The van der Waals surface area contributed by atoms with Gasteiger partial charge in [-0.2, -0.15) is 4.98 Å². The van der Waals surface area contributed by atoms with Crippen LogP contribution in [0.3, 0.4) is 0 Å². The van der Waals surface area contributed by atoms with Gasteiger partial charge in [-0.05, 0) is 36.4 Å². The Balaban J connectivity index is 1.93. The fourth-order valence-corrected chi connectivity index (χ4v) is 3.70. The van der Waals surface area contributed by atoms with Gasteiger partial charge in [-0.25, -0.2) is 4.79 Å². The molecular formula is C16H18N2O3S. The van der Waals surface area contributed by atoms with Gasteiger partial charge in [0, 0.05) is 11.4 Å². The molecule has 0 N–H and O–H groups in total. The van der Waals surface area contributed by atoms with Gasteiger partial charge >= 0.3 is 5.97 Å². The van der Waals surface area contributed by atoms with Crippen molar-refractivity contribution in [1.82, 2.24) is 4.98 Å². The van der Waals surface area contributed by atoms with E-state index < -0.39 is 5.97 Å². The number of hydrogen-bond acceptors (Lipinski definition) is 6. The molecule has 116 valence electrons. The summed E-state index contributed by atoms with van der Waals surface area (Å²) in [5.41, 5.74) is 0.348. The molecule has 1 atom stereocenters. The second-order valence-electron chi connectivity index (χ2n) is 5.08. The molecule has 0 spiro atoms. The molecule has 0 radical (unpaired) electrons. The van der Waals surface area contributed by atoms with Gasteiger partial charge in [0.05, 0.1) is 20.3 Å². The zero-order valence-corrected chi connectivity index (χ0v) is 13.4. The Morgan fingerprint density at radius 3 is 2.91 bits per heavy atom. The number of carbonyl (C=O) groups is 1. The molecule has 6 heteroatoms. The molecule has 5 nitrogen and oxygen atoms in total. The summed E-state index contributed by atoms with van der Waals surface area (Å²) >= 11 is 1.77. The molecule has 1 saturated heterocycles. The van der Waals surface area contributed by atoms with Gasteiger partial charge in [-0.15, -0.1) is 11.3 Å². The maximum atomic E-state index is 11.7. The first kappa shape index (κ1) is 14.8. The molecule has 3 heterocycles. The first-order valence-corrected chi connectivity index (χ1v) is 8.06. The lowest BCUT2D eigenvalue weighted by Crippen LogP contribution is -2.23. The van der Waals surface area contributed by atoms with Gasteiger partial charge in [-0.1, -0.05) is 6.07 Å². The van der Waals surface area contributed by atoms with E-state index in [1.807, 2.05) is 6.07 Å². The Hall–Kier alpha value is -2.08. The molecular weight excluding hydrogens is 300 g/mol. The molecule has 0 aromatic carbocycles. The predicted molar refractivity (Wildman–Crippen MR) is 85.8 cm³/mol. The van der Waals surface area contributed by atoms with Crippen LogP contribution in [0.1, 0.15) is 34.1 Å². The molecule has 2 aromatic heterocycles. The Bertz CT molecular complexity index is 657. The number of methoxy groups -OCH3 is 2. The highest BCUT2D eigenvalue weighted by Crippen LogP contribution is 2.38. The van der Waals surface area contributed by atoms with Crippen LogP contribution < -0.4 is 9.64 Å². The first-order valence-electron chi connectivity index (χ1n) is 7.18. The quantitative estimate of drug-likeness (QED) is 0.810. The van der Waals surface area contributed by atoms with Crippen LogP contribution in [-0.4, -0.2) is 31.7 Å². The van der Waals surface area contributed by atoms with Crippen molar-refractivity contribution in [3.05, 3.63) is 40.1 Å². The van der Waals surface area contributed by atoms with Crippen LogP contribution in [0.2, 0.25) is 0 Å². The van der Waals surface area contributed by atoms with E-state index in [2.05, 4.69) is 27.4 Å². The smallest absolute Gasteiger partial charge is 0.343 e. The van der Waals surface area contributed by atoms with Gasteiger partial charge in [0.25, 0.3) is 0 Å². The molecule has 1 fully saturated rings. The predicted octanol–water partition coefficient (Wildman–Crippen LogP) is 3.28. The van der Waals surface area contributed by atoms with E-state index in [1.54, 1.807) is 17.4 Å². The molecule has 1 aliphatic heterocycles. The number of esters is 1. The lowest BCUT2D eigenvalue weighted by Gasteiger charge is -2.25. The van der Waals surface area contributed by atoms with Gasteiger partial charge in [-0.3, -0.25) is 0 Å². The third-order valence-electron chi connectivity index (χ3n) is 3.86. The summed E-state index contributed by atoms with van der Waals surface area (Å²) in [4.78, 5) is 19.8. The second-order valence-corrected chi connectivity index (χ2v) is 6.06. The minimum absolute atomic E-state index is 0.307. The minimum Gasteiger partial charge on any atom is -0.480 e. The number of anilines is 1. The highest BCUT2D eigenvalue weighted by molar-refractivity contribution is 7.10. The molecule has 0 aliphatic carbocycles. The van der Waals surface area contributed by atoms with Crippen LogP contribution in [-0.2, 0) is 4.74 Å². The van der Waals surface area contributed by atoms with Crippen molar-refractivity contribution in [2.24, 2.45) is 0 Å². The van der Waals surface area contributed by atoms with E-state index in [0.29, 0.717) is 17.5 Å². The largest absolute Gasteiger partial charge is 0.480 e. The SMILES string of the molecule is COC(=O)c1ccc(N2CCCC2c2cccs2)nc1OC.